The van der Waals surface area contributed by atoms with Gasteiger partial charge in [0.15, 0.2) is 0 Å². The molecule has 0 spiro atoms. The summed E-state index contributed by atoms with van der Waals surface area (Å²) >= 11 is 0. The van der Waals surface area contributed by atoms with E-state index in [1.54, 1.807) is 0 Å². The normalized spacial score (nSPS) is 19.9. The lowest BCUT2D eigenvalue weighted by molar-refractivity contribution is -0.135. The predicted molar refractivity (Wildman–Crippen MR) is 212 cm³/mol. The van der Waals surface area contributed by atoms with Crippen molar-refractivity contribution >= 4 is 24.0 Å². The molecule has 4 amide bonds. The van der Waals surface area contributed by atoms with Crippen LogP contribution in [-0.2, 0) is 20.7 Å². The van der Waals surface area contributed by atoms with E-state index in [2.05, 4.69) is 56.3 Å². The highest BCUT2D eigenvalue weighted by Crippen LogP contribution is 2.40. The fourth-order valence-electron chi connectivity index (χ4n) is 8.38. The molecule has 5 atom stereocenters. The van der Waals surface area contributed by atoms with Gasteiger partial charge in [-0.15, -0.1) is 0 Å². The monoisotopic (exact) mass is 780 g/mol. The molecule has 4 aromatic rings. The van der Waals surface area contributed by atoms with E-state index in [1.807, 2.05) is 50.9 Å². The minimum atomic E-state index is -1.22. The number of nitrogens with one attached hydrogen (secondary N) is 5. The average molecular weight is 781 g/mol. The van der Waals surface area contributed by atoms with E-state index in [1.165, 1.54) is 7.11 Å². The van der Waals surface area contributed by atoms with E-state index in [0.717, 1.165) is 88.8 Å². The van der Waals surface area contributed by atoms with Crippen LogP contribution in [-0.4, -0.2) is 92.3 Å². The summed E-state index contributed by atoms with van der Waals surface area (Å²) in [6, 6.07) is 12.5. The van der Waals surface area contributed by atoms with Crippen molar-refractivity contribution in [3.05, 3.63) is 66.0 Å². The summed E-state index contributed by atoms with van der Waals surface area (Å²) in [4.78, 5) is 68.7. The van der Waals surface area contributed by atoms with Crippen molar-refractivity contribution < 1.29 is 33.8 Å². The van der Waals surface area contributed by atoms with Gasteiger partial charge in [-0.3, -0.25) is 9.59 Å². The molecule has 302 valence electrons. The van der Waals surface area contributed by atoms with Crippen LogP contribution in [0.25, 0.3) is 33.6 Å². The molecule has 1 saturated carbocycles. The van der Waals surface area contributed by atoms with Crippen molar-refractivity contribution in [1.82, 2.24) is 40.8 Å². The summed E-state index contributed by atoms with van der Waals surface area (Å²) in [6.45, 7) is 8.50. The zero-order chi connectivity index (χ0) is 40.4. The second-order valence-electron chi connectivity index (χ2n) is 15.9. The number of benzene rings is 2. The topological polar surface area (TPSA) is 204 Å². The summed E-state index contributed by atoms with van der Waals surface area (Å²) in [5.74, 6) is 1.51. The molecule has 2 aromatic carbocycles. The van der Waals surface area contributed by atoms with Gasteiger partial charge in [0.2, 0.25) is 11.8 Å². The maximum absolute atomic E-state index is 13.7. The number of aromatic nitrogens is 4. The zero-order valence-electron chi connectivity index (χ0n) is 33.1. The number of hydrogen-bond donors (Lipinski definition) is 6. The Labute approximate surface area is 331 Å². The quantitative estimate of drug-likeness (QED) is 0.103. The number of nitrogens with zero attached hydrogens (tertiary/aromatic N) is 3. The number of likely N-dealkylation sites (tertiary alicyclic amines) is 1. The molecule has 15 heteroatoms. The molecule has 1 saturated heterocycles. The molecule has 0 unspecified atom stereocenters. The Bertz CT molecular complexity index is 2110. The molecule has 57 heavy (non-hydrogen) atoms. The van der Waals surface area contributed by atoms with Crippen LogP contribution in [0.1, 0.15) is 89.1 Å². The second-order valence-corrected chi connectivity index (χ2v) is 15.9. The van der Waals surface area contributed by atoms with Gasteiger partial charge < -0.3 is 45.4 Å². The lowest BCUT2D eigenvalue weighted by atomic mass is 9.99. The van der Waals surface area contributed by atoms with Crippen molar-refractivity contribution in [2.75, 3.05) is 20.3 Å². The summed E-state index contributed by atoms with van der Waals surface area (Å²) in [5.41, 5.74) is 6.54. The van der Waals surface area contributed by atoms with Crippen molar-refractivity contribution in [3.8, 4) is 39.4 Å². The fourth-order valence-corrected chi connectivity index (χ4v) is 8.38. The van der Waals surface area contributed by atoms with Gasteiger partial charge in [0, 0.05) is 36.2 Å². The first-order valence-electron chi connectivity index (χ1n) is 19.9. The Hall–Kier alpha value is -5.86. The van der Waals surface area contributed by atoms with Crippen LogP contribution in [0.5, 0.6) is 5.75 Å². The Morgan fingerprint density at radius 2 is 1.63 bits per heavy atom. The molecule has 6 N–H and O–H groups in total. The number of carbonyl (C=O) groups excluding carboxylic acids is 3. The average Bonchev–Trinajstić information content (AvgIpc) is 4.02. The SMILES string of the molecule is COC(=O)N[C@H](C(=O)N1CCC[C@H]1c1nc2c([nH]1)CCOc1cc(-c3ccc(-c4cnc([C@H]5CCC[C@H]5NC(=O)[C@@H](NC(=O)O)C(C)C)[nH]4)cc3)ccc1-2)C(C)C. The summed E-state index contributed by atoms with van der Waals surface area (Å²) in [6.07, 6.45) is 4.81. The Morgan fingerprint density at radius 3 is 2.35 bits per heavy atom. The van der Waals surface area contributed by atoms with E-state index < -0.39 is 24.3 Å². The van der Waals surface area contributed by atoms with Gasteiger partial charge in [-0.1, -0.05) is 64.4 Å². The van der Waals surface area contributed by atoms with E-state index in [4.69, 9.17) is 19.4 Å². The molecule has 4 heterocycles. The minimum absolute atomic E-state index is 0.00235. The maximum atomic E-state index is 13.7. The van der Waals surface area contributed by atoms with Crippen LogP contribution in [0, 0.1) is 11.8 Å². The van der Waals surface area contributed by atoms with E-state index in [-0.39, 0.29) is 41.7 Å². The number of H-pyrrole nitrogens is 2. The van der Waals surface area contributed by atoms with Gasteiger partial charge in [0.05, 0.1) is 37.3 Å². The highest BCUT2D eigenvalue weighted by molar-refractivity contribution is 5.87. The Kier molecular flexibility index (Phi) is 11.5. The Morgan fingerprint density at radius 1 is 0.895 bits per heavy atom. The van der Waals surface area contributed by atoms with E-state index in [0.29, 0.717) is 19.6 Å². The van der Waals surface area contributed by atoms with Crippen molar-refractivity contribution in [2.45, 2.75) is 96.3 Å². The van der Waals surface area contributed by atoms with Gasteiger partial charge in [0.25, 0.3) is 0 Å². The molecule has 1 aliphatic carbocycles. The lowest BCUT2D eigenvalue weighted by Gasteiger charge is -2.30. The highest BCUT2D eigenvalue weighted by Gasteiger charge is 2.39. The number of carboxylic acid groups (broad SMARTS) is 1. The third kappa shape index (κ3) is 8.33. The third-order valence-electron chi connectivity index (χ3n) is 11.4. The van der Waals surface area contributed by atoms with Crippen molar-refractivity contribution in [3.63, 3.8) is 0 Å². The van der Waals surface area contributed by atoms with Gasteiger partial charge >= 0.3 is 12.2 Å². The number of imidazole rings is 2. The molecule has 2 aromatic heterocycles. The number of carbonyl (C=O) groups is 4. The molecule has 7 rings (SSSR count). The highest BCUT2D eigenvalue weighted by atomic mass is 16.5. The summed E-state index contributed by atoms with van der Waals surface area (Å²) in [7, 11) is 1.29. The molecule has 15 nitrogen and oxygen atoms in total. The van der Waals surface area contributed by atoms with Gasteiger partial charge in [-0.25, -0.2) is 19.6 Å². The minimum Gasteiger partial charge on any atom is -0.492 e. The van der Waals surface area contributed by atoms with Gasteiger partial charge in [-0.2, -0.15) is 0 Å². The molecular formula is C42H52N8O7. The van der Waals surface area contributed by atoms with Crippen LogP contribution in [0.3, 0.4) is 0 Å². The fraction of sp³-hybridized carbons (Fsp3) is 0.476. The molecule has 0 bridgehead atoms. The molecule has 2 fully saturated rings. The number of methoxy groups -OCH3 is 1. The molecular weight excluding hydrogens is 729 g/mol. The molecule has 2 aliphatic heterocycles. The van der Waals surface area contributed by atoms with Gasteiger partial charge in [0.1, 0.15) is 29.5 Å². The summed E-state index contributed by atoms with van der Waals surface area (Å²) in [5, 5.41) is 17.4. The number of aromatic amines is 2. The third-order valence-corrected chi connectivity index (χ3v) is 11.4. The van der Waals surface area contributed by atoms with Crippen LogP contribution in [0.15, 0.2) is 48.7 Å². The second kappa shape index (κ2) is 16.7. The molecule has 0 radical (unpaired) electrons. The van der Waals surface area contributed by atoms with Gasteiger partial charge in [-0.05, 0) is 66.3 Å². The van der Waals surface area contributed by atoms with Crippen LogP contribution in [0.2, 0.25) is 0 Å². The standard InChI is InChI=1S/C42H52N8O7/c1-22(2)34(48-41(53)54)39(51)46-29-9-6-8-27(29)37-43-21-31(45-37)25-13-11-24(12-14-25)26-15-16-28-33(20-26)57-19-17-30-36(28)47-38(44-30)32-10-7-18-50(32)40(52)35(23(3)4)49-42(55)56-5/h11-16,20-23,27,29,32,34-35,48H,6-10,17-19H2,1-5H3,(H,43,45)(H,44,47)(H,46,51)(H,49,55)(H,53,54)/t27-,29+,32-,34-,35-/m0/s1. The number of amides is 4. The number of hydrogen-bond acceptors (Lipinski definition) is 8. The maximum Gasteiger partial charge on any atom is 0.407 e. The van der Waals surface area contributed by atoms with Crippen LogP contribution < -0.4 is 20.7 Å². The summed E-state index contributed by atoms with van der Waals surface area (Å²) < 4.78 is 11.0. The number of alkyl carbamates (subject to hydrolysis) is 1. The first-order valence-corrected chi connectivity index (χ1v) is 19.9. The van der Waals surface area contributed by atoms with E-state index >= 15 is 0 Å². The van der Waals surface area contributed by atoms with E-state index in [9.17, 15) is 24.3 Å². The lowest BCUT2D eigenvalue weighted by Crippen LogP contribution is -2.52. The predicted octanol–water partition coefficient (Wildman–Crippen LogP) is 6.16. The number of ether oxygens (including phenoxy) is 2. The number of rotatable bonds is 11. The van der Waals surface area contributed by atoms with Crippen molar-refractivity contribution in [1.29, 1.82) is 0 Å². The first kappa shape index (κ1) is 39.4. The van der Waals surface area contributed by atoms with Crippen LogP contribution >= 0.6 is 0 Å². The smallest absolute Gasteiger partial charge is 0.407 e. The number of fused-ring (bicyclic) bond motifs is 3. The first-order chi connectivity index (χ1) is 27.4. The zero-order valence-corrected chi connectivity index (χ0v) is 33.1. The Balaban J connectivity index is 1.05. The largest absolute Gasteiger partial charge is 0.492 e. The van der Waals surface area contributed by atoms with Crippen molar-refractivity contribution in [2.24, 2.45) is 11.8 Å². The van der Waals surface area contributed by atoms with Crippen LogP contribution in [0.4, 0.5) is 9.59 Å². The molecule has 3 aliphatic rings.